The van der Waals surface area contributed by atoms with Gasteiger partial charge in [-0.3, -0.25) is 5.10 Å². The Morgan fingerprint density at radius 3 is 2.78 bits per heavy atom. The molecule has 4 rings (SSSR count). The number of aromatic amines is 1. The Labute approximate surface area is 136 Å². The number of hydrogen-bond donors (Lipinski definition) is 2. The Morgan fingerprint density at radius 1 is 1.13 bits per heavy atom. The predicted octanol–water partition coefficient (Wildman–Crippen LogP) is 3.58. The summed E-state index contributed by atoms with van der Waals surface area (Å²) < 4.78 is 1.11. The van der Waals surface area contributed by atoms with E-state index in [-0.39, 0.29) is 0 Å². The lowest BCUT2D eigenvalue weighted by Crippen LogP contribution is -2.00. The minimum atomic E-state index is 0.784. The lowest BCUT2D eigenvalue weighted by molar-refractivity contribution is 1.02. The highest BCUT2D eigenvalue weighted by molar-refractivity contribution is 7.17. The zero-order valence-electron chi connectivity index (χ0n) is 12.4. The van der Waals surface area contributed by atoms with E-state index in [1.54, 1.807) is 17.5 Å². The third-order valence-corrected chi connectivity index (χ3v) is 4.45. The fourth-order valence-electron chi connectivity index (χ4n) is 2.53. The van der Waals surface area contributed by atoms with Gasteiger partial charge in [-0.05, 0) is 19.1 Å². The molecule has 0 saturated heterocycles. The van der Waals surface area contributed by atoms with Crippen LogP contribution in [-0.2, 0) is 0 Å². The smallest absolute Gasteiger partial charge is 0.148 e. The van der Waals surface area contributed by atoms with Gasteiger partial charge >= 0.3 is 0 Å². The van der Waals surface area contributed by atoms with Crippen molar-refractivity contribution in [2.45, 2.75) is 6.92 Å². The van der Waals surface area contributed by atoms with Crippen molar-refractivity contribution >= 4 is 27.4 Å². The number of anilines is 1. The van der Waals surface area contributed by atoms with Crippen LogP contribution in [0.15, 0.2) is 42.2 Å². The second-order valence-electron chi connectivity index (χ2n) is 5.01. The summed E-state index contributed by atoms with van der Waals surface area (Å²) in [6, 6.07) is 8.06. The summed E-state index contributed by atoms with van der Waals surface area (Å²) in [5.74, 6) is 0.784. The second kappa shape index (κ2) is 5.77. The topological polar surface area (TPSA) is 79.4 Å². The summed E-state index contributed by atoms with van der Waals surface area (Å²) >= 11 is 1.61. The van der Waals surface area contributed by atoms with Crippen LogP contribution in [0.4, 0.5) is 5.82 Å². The first-order chi connectivity index (χ1) is 11.4. The number of H-pyrrole nitrogens is 1. The molecule has 0 saturated carbocycles. The summed E-state index contributed by atoms with van der Waals surface area (Å²) in [5.41, 5.74) is 6.81. The number of hydrogen-bond acceptors (Lipinski definition) is 6. The van der Waals surface area contributed by atoms with Crippen LogP contribution in [0.1, 0.15) is 6.92 Å². The molecule has 23 heavy (non-hydrogen) atoms. The molecule has 7 heteroatoms. The molecule has 0 amide bonds. The third-order valence-electron chi connectivity index (χ3n) is 3.59. The van der Waals surface area contributed by atoms with E-state index in [9.17, 15) is 0 Å². The monoisotopic (exact) mass is 322 g/mol. The van der Waals surface area contributed by atoms with E-state index in [1.807, 2.05) is 30.8 Å². The molecular weight excluding hydrogens is 308 g/mol. The molecule has 0 aliphatic rings. The highest BCUT2D eigenvalue weighted by atomic mass is 32.1. The summed E-state index contributed by atoms with van der Waals surface area (Å²) in [7, 11) is 0. The average molecular weight is 322 g/mol. The molecule has 1 aromatic carbocycles. The lowest BCUT2D eigenvalue weighted by Gasteiger charge is -2.06. The number of rotatable bonds is 4. The van der Waals surface area contributed by atoms with Gasteiger partial charge in [0.2, 0.25) is 0 Å². The van der Waals surface area contributed by atoms with Crippen LogP contribution >= 0.6 is 11.3 Å². The van der Waals surface area contributed by atoms with Gasteiger partial charge in [-0.1, -0.05) is 12.1 Å². The van der Waals surface area contributed by atoms with Gasteiger partial charge in [0.1, 0.15) is 5.82 Å². The van der Waals surface area contributed by atoms with Gasteiger partial charge in [0.15, 0.2) is 0 Å². The van der Waals surface area contributed by atoms with Crippen molar-refractivity contribution in [2.24, 2.45) is 0 Å². The van der Waals surface area contributed by atoms with Gasteiger partial charge in [-0.2, -0.15) is 5.10 Å². The van der Waals surface area contributed by atoms with E-state index in [0.717, 1.165) is 45.0 Å². The molecule has 6 nitrogen and oxygen atoms in total. The van der Waals surface area contributed by atoms with Crippen molar-refractivity contribution in [3.8, 4) is 22.4 Å². The largest absolute Gasteiger partial charge is 0.369 e. The van der Waals surface area contributed by atoms with Crippen molar-refractivity contribution in [2.75, 3.05) is 11.9 Å². The zero-order valence-corrected chi connectivity index (χ0v) is 13.3. The van der Waals surface area contributed by atoms with Gasteiger partial charge in [0.05, 0.1) is 27.6 Å². The molecule has 0 atom stereocenters. The van der Waals surface area contributed by atoms with Crippen LogP contribution in [-0.4, -0.2) is 31.9 Å². The normalized spacial score (nSPS) is 11.0. The third kappa shape index (κ3) is 2.44. The van der Waals surface area contributed by atoms with Crippen molar-refractivity contribution in [3.05, 3.63) is 42.2 Å². The molecule has 0 spiro atoms. The van der Waals surface area contributed by atoms with Crippen molar-refractivity contribution < 1.29 is 0 Å². The number of thiazole rings is 1. The Bertz CT molecular complexity index is 927. The summed E-state index contributed by atoms with van der Waals surface area (Å²) in [6.45, 7) is 2.86. The Kier molecular flexibility index (Phi) is 3.47. The molecule has 3 aromatic heterocycles. The minimum Gasteiger partial charge on any atom is -0.369 e. The number of aromatic nitrogens is 5. The van der Waals surface area contributed by atoms with E-state index in [2.05, 4.69) is 42.8 Å². The highest BCUT2D eigenvalue weighted by Gasteiger charge is 2.13. The van der Waals surface area contributed by atoms with Crippen molar-refractivity contribution in [1.29, 1.82) is 0 Å². The standard InChI is InChI=1S/C16H14N6S/c1-2-17-14-6-5-13(21-22-14)12-4-3-11(10-7-19-20-8-10)15-16(12)23-9-18-15/h3-9H,2H2,1H3,(H,17,22)(H,19,20). The number of nitrogens with one attached hydrogen (secondary N) is 2. The molecular formula is C16H14N6S. The first-order valence-electron chi connectivity index (χ1n) is 7.30. The Morgan fingerprint density at radius 2 is 2.04 bits per heavy atom. The maximum atomic E-state index is 4.52. The molecule has 0 fully saturated rings. The van der Waals surface area contributed by atoms with E-state index in [1.165, 1.54) is 0 Å². The van der Waals surface area contributed by atoms with Crippen LogP contribution in [0, 0.1) is 0 Å². The predicted molar refractivity (Wildman–Crippen MR) is 92.4 cm³/mol. The van der Waals surface area contributed by atoms with Crippen LogP contribution in [0.3, 0.4) is 0 Å². The summed E-state index contributed by atoms with van der Waals surface area (Å²) in [5, 5.41) is 18.6. The minimum absolute atomic E-state index is 0.784. The molecule has 4 aromatic rings. The van der Waals surface area contributed by atoms with Gasteiger partial charge in [0, 0.05) is 29.4 Å². The first kappa shape index (κ1) is 13.8. The quantitative estimate of drug-likeness (QED) is 0.600. The van der Waals surface area contributed by atoms with Gasteiger partial charge in [0.25, 0.3) is 0 Å². The molecule has 0 bridgehead atoms. The lowest BCUT2D eigenvalue weighted by atomic mass is 10.0. The van der Waals surface area contributed by atoms with Crippen LogP contribution < -0.4 is 5.32 Å². The summed E-state index contributed by atoms with van der Waals surface area (Å²) in [4.78, 5) is 4.52. The molecule has 114 valence electrons. The number of benzene rings is 1. The van der Waals surface area contributed by atoms with Crippen LogP contribution in [0.2, 0.25) is 0 Å². The van der Waals surface area contributed by atoms with Gasteiger partial charge < -0.3 is 5.32 Å². The summed E-state index contributed by atoms with van der Waals surface area (Å²) in [6.07, 6.45) is 3.68. The fourth-order valence-corrected chi connectivity index (χ4v) is 3.37. The maximum absolute atomic E-state index is 4.52. The fraction of sp³-hybridized carbons (Fsp3) is 0.125. The highest BCUT2D eigenvalue weighted by Crippen LogP contribution is 2.36. The van der Waals surface area contributed by atoms with Gasteiger partial charge in [-0.25, -0.2) is 4.98 Å². The first-order valence-corrected chi connectivity index (χ1v) is 8.18. The molecule has 2 N–H and O–H groups in total. The number of nitrogens with zero attached hydrogens (tertiary/aromatic N) is 4. The van der Waals surface area contributed by atoms with Crippen molar-refractivity contribution in [1.82, 2.24) is 25.4 Å². The van der Waals surface area contributed by atoms with E-state index >= 15 is 0 Å². The van der Waals surface area contributed by atoms with Gasteiger partial charge in [-0.15, -0.1) is 21.5 Å². The SMILES string of the molecule is CCNc1ccc(-c2ccc(-c3cn[nH]c3)c3ncsc23)nn1. The van der Waals surface area contributed by atoms with Crippen LogP contribution in [0.25, 0.3) is 32.6 Å². The Balaban J connectivity index is 1.82. The van der Waals surface area contributed by atoms with Crippen LogP contribution in [0.5, 0.6) is 0 Å². The zero-order chi connectivity index (χ0) is 15.6. The second-order valence-corrected chi connectivity index (χ2v) is 5.87. The average Bonchev–Trinajstić information content (AvgIpc) is 3.27. The van der Waals surface area contributed by atoms with Crippen molar-refractivity contribution in [3.63, 3.8) is 0 Å². The molecule has 0 radical (unpaired) electrons. The molecule has 3 heterocycles. The molecule has 0 unspecified atom stereocenters. The van der Waals surface area contributed by atoms with E-state index < -0.39 is 0 Å². The van der Waals surface area contributed by atoms with E-state index in [0.29, 0.717) is 0 Å². The van der Waals surface area contributed by atoms with E-state index in [4.69, 9.17) is 0 Å². The number of fused-ring (bicyclic) bond motifs is 1. The maximum Gasteiger partial charge on any atom is 0.148 e. The molecule has 0 aliphatic heterocycles. The Hall–Kier alpha value is -2.80. The molecule has 0 aliphatic carbocycles.